The highest BCUT2D eigenvalue weighted by Crippen LogP contribution is 2.15. The Hall–Kier alpha value is -0.410. The van der Waals surface area contributed by atoms with E-state index in [2.05, 4.69) is 0 Å². The van der Waals surface area contributed by atoms with Crippen molar-refractivity contribution in [3.63, 3.8) is 0 Å². The van der Waals surface area contributed by atoms with E-state index in [0.717, 1.165) is 32.5 Å². The number of Topliss-reactive ketones (excluding diaryl/α,β-unsaturated/α-hetero) is 1. The Morgan fingerprint density at radius 3 is 2.14 bits per heavy atom. The zero-order valence-electron chi connectivity index (χ0n) is 13.9. The van der Waals surface area contributed by atoms with E-state index in [1.807, 2.05) is 0 Å². The van der Waals surface area contributed by atoms with Crippen LogP contribution in [0.15, 0.2) is 0 Å². The lowest BCUT2D eigenvalue weighted by Crippen LogP contribution is -2.22. The van der Waals surface area contributed by atoms with Gasteiger partial charge in [-0.15, -0.1) is 0 Å². The molecule has 0 radical (unpaired) electrons. The Bertz CT molecular complexity index is 247. The number of hydrogen-bond donors (Lipinski definition) is 0. The summed E-state index contributed by atoms with van der Waals surface area (Å²) in [6, 6.07) is 0. The maximum Gasteiger partial charge on any atom is 0.157 e. The Labute approximate surface area is 130 Å². The van der Waals surface area contributed by atoms with Crippen LogP contribution in [0.5, 0.6) is 0 Å². The number of ketones is 1. The molecule has 1 aliphatic heterocycles. The summed E-state index contributed by atoms with van der Waals surface area (Å²) in [5.74, 6) is 0.329. The van der Waals surface area contributed by atoms with Gasteiger partial charge in [0.15, 0.2) is 6.29 Å². The molecule has 1 atom stereocenters. The highest BCUT2D eigenvalue weighted by molar-refractivity contribution is 5.75. The summed E-state index contributed by atoms with van der Waals surface area (Å²) in [4.78, 5) is 10.8. The molecule has 1 aliphatic rings. The van der Waals surface area contributed by atoms with E-state index in [1.54, 1.807) is 6.92 Å². The van der Waals surface area contributed by atoms with Crippen LogP contribution in [0, 0.1) is 0 Å². The lowest BCUT2D eigenvalue weighted by Gasteiger charge is -2.22. The molecule has 124 valence electrons. The predicted molar refractivity (Wildman–Crippen MR) is 86.4 cm³/mol. The van der Waals surface area contributed by atoms with Crippen molar-refractivity contribution in [3.05, 3.63) is 0 Å². The molecule has 1 rings (SSSR count). The van der Waals surface area contributed by atoms with E-state index < -0.39 is 0 Å². The van der Waals surface area contributed by atoms with Crippen LogP contribution in [-0.4, -0.2) is 25.3 Å². The molecule has 0 bridgehead atoms. The van der Waals surface area contributed by atoms with E-state index in [1.165, 1.54) is 64.2 Å². The highest BCUT2D eigenvalue weighted by atomic mass is 16.7. The van der Waals surface area contributed by atoms with Crippen LogP contribution < -0.4 is 0 Å². The Morgan fingerprint density at radius 1 is 0.952 bits per heavy atom. The van der Waals surface area contributed by atoms with E-state index in [4.69, 9.17) is 9.47 Å². The van der Waals surface area contributed by atoms with Gasteiger partial charge in [-0.1, -0.05) is 44.9 Å². The topological polar surface area (TPSA) is 35.5 Å². The summed E-state index contributed by atoms with van der Waals surface area (Å²) in [6.07, 6.45) is 15.7. The molecule has 21 heavy (non-hydrogen) atoms. The molecule has 0 aromatic rings. The second-order valence-electron chi connectivity index (χ2n) is 6.30. The monoisotopic (exact) mass is 298 g/mol. The lowest BCUT2D eigenvalue weighted by molar-refractivity contribution is -0.162. The molecule has 0 N–H and O–H groups in total. The third-order valence-corrected chi connectivity index (χ3v) is 4.11. The van der Waals surface area contributed by atoms with Crippen molar-refractivity contribution in [2.45, 2.75) is 96.7 Å². The van der Waals surface area contributed by atoms with Crippen molar-refractivity contribution < 1.29 is 14.3 Å². The van der Waals surface area contributed by atoms with Crippen LogP contribution in [0.4, 0.5) is 0 Å². The summed E-state index contributed by atoms with van der Waals surface area (Å²) in [5.41, 5.74) is 0. The number of carbonyl (C=O) groups excluding carboxylic acids is 1. The van der Waals surface area contributed by atoms with Gasteiger partial charge in [0, 0.05) is 19.6 Å². The van der Waals surface area contributed by atoms with Crippen LogP contribution in [0.3, 0.4) is 0 Å². The third kappa shape index (κ3) is 11.9. The quantitative estimate of drug-likeness (QED) is 0.448. The fourth-order valence-electron chi connectivity index (χ4n) is 2.77. The normalized spacial score (nSPS) is 18.8. The van der Waals surface area contributed by atoms with Crippen molar-refractivity contribution in [3.8, 4) is 0 Å². The molecule has 0 aliphatic carbocycles. The van der Waals surface area contributed by atoms with E-state index in [0.29, 0.717) is 5.78 Å². The maximum atomic E-state index is 10.8. The largest absolute Gasteiger partial charge is 0.353 e. The van der Waals surface area contributed by atoms with Gasteiger partial charge in [0.1, 0.15) is 5.78 Å². The molecule has 0 aromatic heterocycles. The first-order valence-electron chi connectivity index (χ1n) is 9.01. The van der Waals surface area contributed by atoms with Gasteiger partial charge in [-0.25, -0.2) is 0 Å². The van der Waals surface area contributed by atoms with Crippen molar-refractivity contribution in [2.75, 3.05) is 13.2 Å². The minimum atomic E-state index is 0.0775. The predicted octanol–water partition coefficient (Wildman–Crippen LogP) is 5.02. The van der Waals surface area contributed by atoms with Gasteiger partial charge in [0.2, 0.25) is 0 Å². The molecule has 1 fully saturated rings. The van der Waals surface area contributed by atoms with Gasteiger partial charge in [0.05, 0.1) is 0 Å². The molecule has 3 nitrogen and oxygen atoms in total. The van der Waals surface area contributed by atoms with Crippen LogP contribution >= 0.6 is 0 Å². The zero-order valence-corrected chi connectivity index (χ0v) is 13.9. The van der Waals surface area contributed by atoms with Crippen molar-refractivity contribution in [2.24, 2.45) is 0 Å². The second-order valence-corrected chi connectivity index (χ2v) is 6.30. The lowest BCUT2D eigenvalue weighted by atomic mass is 10.1. The second kappa shape index (κ2) is 13.3. The average Bonchev–Trinajstić information content (AvgIpc) is 2.49. The smallest absolute Gasteiger partial charge is 0.157 e. The van der Waals surface area contributed by atoms with Gasteiger partial charge in [-0.3, -0.25) is 0 Å². The number of hydrogen-bond acceptors (Lipinski definition) is 3. The fourth-order valence-corrected chi connectivity index (χ4v) is 2.77. The van der Waals surface area contributed by atoms with Crippen LogP contribution in [0.25, 0.3) is 0 Å². The van der Waals surface area contributed by atoms with Crippen LogP contribution in [0.1, 0.15) is 90.4 Å². The minimum Gasteiger partial charge on any atom is -0.353 e. The Balaban J connectivity index is 1.71. The molecular formula is C18H34O3. The van der Waals surface area contributed by atoms with Gasteiger partial charge in [-0.2, -0.15) is 0 Å². The van der Waals surface area contributed by atoms with E-state index in [-0.39, 0.29) is 6.29 Å². The molecule has 0 saturated carbocycles. The van der Waals surface area contributed by atoms with Gasteiger partial charge in [0.25, 0.3) is 0 Å². The zero-order chi connectivity index (χ0) is 15.2. The minimum absolute atomic E-state index is 0.0775. The Kier molecular flexibility index (Phi) is 11.8. The van der Waals surface area contributed by atoms with E-state index in [9.17, 15) is 4.79 Å². The van der Waals surface area contributed by atoms with Gasteiger partial charge >= 0.3 is 0 Å². The molecular weight excluding hydrogens is 264 g/mol. The summed E-state index contributed by atoms with van der Waals surface area (Å²) in [6.45, 7) is 3.41. The van der Waals surface area contributed by atoms with Gasteiger partial charge < -0.3 is 14.3 Å². The average molecular weight is 298 g/mol. The van der Waals surface area contributed by atoms with Crippen LogP contribution in [0.2, 0.25) is 0 Å². The molecule has 1 heterocycles. The molecule has 0 aromatic carbocycles. The van der Waals surface area contributed by atoms with Gasteiger partial charge in [-0.05, 0) is 39.0 Å². The standard InChI is InChI=1S/C18H34O3/c1-17(19)13-9-7-5-3-2-4-6-8-11-15-20-18-14-10-12-16-21-18/h18H,2-16H2,1H3/t18-/m0/s1. The SMILES string of the molecule is CC(=O)CCCCCCCCCCCO[C@@H]1CCCCO1. The fraction of sp³-hybridized carbons (Fsp3) is 0.944. The molecule has 3 heteroatoms. The number of carbonyl (C=O) groups is 1. The number of rotatable bonds is 13. The van der Waals surface area contributed by atoms with E-state index >= 15 is 0 Å². The highest BCUT2D eigenvalue weighted by Gasteiger charge is 2.13. The first-order chi connectivity index (χ1) is 10.3. The summed E-state index contributed by atoms with van der Waals surface area (Å²) < 4.78 is 11.3. The summed E-state index contributed by atoms with van der Waals surface area (Å²) in [7, 11) is 0. The molecule has 0 amide bonds. The maximum absolute atomic E-state index is 10.8. The molecule has 1 saturated heterocycles. The third-order valence-electron chi connectivity index (χ3n) is 4.11. The molecule has 0 unspecified atom stereocenters. The van der Waals surface area contributed by atoms with Crippen molar-refractivity contribution >= 4 is 5.78 Å². The summed E-state index contributed by atoms with van der Waals surface area (Å²) >= 11 is 0. The Morgan fingerprint density at radius 2 is 1.57 bits per heavy atom. The number of ether oxygens (including phenoxy) is 2. The van der Waals surface area contributed by atoms with Crippen LogP contribution in [-0.2, 0) is 14.3 Å². The first kappa shape index (κ1) is 18.6. The molecule has 0 spiro atoms. The van der Waals surface area contributed by atoms with Crippen molar-refractivity contribution in [1.29, 1.82) is 0 Å². The van der Waals surface area contributed by atoms with Crippen molar-refractivity contribution in [1.82, 2.24) is 0 Å². The number of unbranched alkanes of at least 4 members (excludes halogenated alkanes) is 8. The first-order valence-corrected chi connectivity index (χ1v) is 9.01. The summed E-state index contributed by atoms with van der Waals surface area (Å²) in [5, 5.41) is 0.